The van der Waals surface area contributed by atoms with Crippen molar-refractivity contribution in [1.82, 2.24) is 10.2 Å². The fourth-order valence-electron chi connectivity index (χ4n) is 2.71. The van der Waals surface area contributed by atoms with Crippen molar-refractivity contribution in [3.05, 3.63) is 30.1 Å². The second-order valence-electron chi connectivity index (χ2n) is 5.95. The first-order valence-corrected chi connectivity index (χ1v) is 8.14. The number of halogens is 1. The Morgan fingerprint density at radius 3 is 2.71 bits per heavy atom. The zero-order valence-electron chi connectivity index (χ0n) is 13.9. The molecule has 1 aliphatic rings. The van der Waals surface area contributed by atoms with E-state index in [1.807, 2.05) is 0 Å². The van der Waals surface area contributed by atoms with Crippen LogP contribution in [0.4, 0.5) is 10.1 Å². The van der Waals surface area contributed by atoms with E-state index in [4.69, 9.17) is 4.74 Å². The van der Waals surface area contributed by atoms with Crippen LogP contribution in [0.3, 0.4) is 0 Å². The van der Waals surface area contributed by atoms with Gasteiger partial charge in [0.15, 0.2) is 0 Å². The van der Waals surface area contributed by atoms with E-state index in [0.29, 0.717) is 12.5 Å². The number of hydrogen-bond donors (Lipinski definition) is 2. The van der Waals surface area contributed by atoms with Gasteiger partial charge in [-0.3, -0.25) is 9.59 Å². The van der Waals surface area contributed by atoms with E-state index >= 15 is 0 Å². The molecule has 1 aromatic carbocycles. The zero-order chi connectivity index (χ0) is 17.4. The van der Waals surface area contributed by atoms with Crippen LogP contribution < -0.4 is 10.6 Å². The summed E-state index contributed by atoms with van der Waals surface area (Å²) >= 11 is 0. The number of nitrogens with one attached hydrogen (secondary N) is 2. The Balaban J connectivity index is 1.68. The molecular weight excluding hydrogens is 313 g/mol. The molecule has 1 heterocycles. The predicted octanol–water partition coefficient (Wildman–Crippen LogP) is 1.24. The van der Waals surface area contributed by atoms with Crippen LogP contribution in [0.5, 0.6) is 0 Å². The van der Waals surface area contributed by atoms with Crippen molar-refractivity contribution in [2.45, 2.75) is 12.8 Å². The summed E-state index contributed by atoms with van der Waals surface area (Å²) in [6, 6.07) is 5.44. The molecule has 2 amide bonds. The highest BCUT2D eigenvalue weighted by molar-refractivity contribution is 6.39. The van der Waals surface area contributed by atoms with Gasteiger partial charge in [-0.15, -0.1) is 0 Å². The van der Waals surface area contributed by atoms with E-state index in [1.54, 1.807) is 7.11 Å². The van der Waals surface area contributed by atoms with Gasteiger partial charge in [-0.2, -0.15) is 0 Å². The Morgan fingerprint density at radius 2 is 2.04 bits per heavy atom. The van der Waals surface area contributed by atoms with Crippen LogP contribution in [0.2, 0.25) is 0 Å². The fourth-order valence-corrected chi connectivity index (χ4v) is 2.71. The van der Waals surface area contributed by atoms with Crippen molar-refractivity contribution >= 4 is 17.5 Å². The molecule has 7 heteroatoms. The van der Waals surface area contributed by atoms with E-state index in [1.165, 1.54) is 24.3 Å². The molecule has 0 unspecified atom stereocenters. The largest absolute Gasteiger partial charge is 0.383 e. The second-order valence-corrected chi connectivity index (χ2v) is 5.95. The van der Waals surface area contributed by atoms with Crippen LogP contribution in [0.1, 0.15) is 12.8 Å². The average molecular weight is 337 g/mol. The molecule has 0 spiro atoms. The molecule has 0 aliphatic carbocycles. The molecule has 2 rings (SSSR count). The van der Waals surface area contributed by atoms with Gasteiger partial charge < -0.3 is 20.3 Å². The van der Waals surface area contributed by atoms with E-state index < -0.39 is 17.6 Å². The molecule has 1 saturated heterocycles. The van der Waals surface area contributed by atoms with Gasteiger partial charge in [0, 0.05) is 25.9 Å². The number of piperidine rings is 1. The summed E-state index contributed by atoms with van der Waals surface area (Å²) in [5.74, 6) is -1.57. The molecule has 0 saturated carbocycles. The van der Waals surface area contributed by atoms with Crippen molar-refractivity contribution in [1.29, 1.82) is 0 Å². The monoisotopic (exact) mass is 337 g/mol. The maximum absolute atomic E-state index is 13.1. The summed E-state index contributed by atoms with van der Waals surface area (Å²) in [6.45, 7) is 4.07. The Bertz CT molecular complexity index is 560. The Labute approximate surface area is 141 Å². The molecule has 0 bridgehead atoms. The first-order valence-electron chi connectivity index (χ1n) is 8.14. The smallest absolute Gasteiger partial charge is 0.313 e. The Morgan fingerprint density at radius 1 is 1.29 bits per heavy atom. The van der Waals surface area contributed by atoms with E-state index in [9.17, 15) is 14.0 Å². The number of rotatable bonds is 6. The topological polar surface area (TPSA) is 70.7 Å². The van der Waals surface area contributed by atoms with Crippen molar-refractivity contribution in [3.63, 3.8) is 0 Å². The first-order chi connectivity index (χ1) is 11.6. The average Bonchev–Trinajstić information content (AvgIpc) is 2.58. The van der Waals surface area contributed by atoms with Crippen LogP contribution >= 0.6 is 0 Å². The van der Waals surface area contributed by atoms with Crippen molar-refractivity contribution in [2.24, 2.45) is 5.92 Å². The van der Waals surface area contributed by atoms with Crippen LogP contribution in [0.15, 0.2) is 24.3 Å². The molecule has 1 fully saturated rings. The number of likely N-dealkylation sites (tertiary alicyclic amines) is 1. The van der Waals surface area contributed by atoms with Gasteiger partial charge in [-0.1, -0.05) is 6.07 Å². The number of amides is 2. The lowest BCUT2D eigenvalue weighted by atomic mass is 9.97. The van der Waals surface area contributed by atoms with Gasteiger partial charge in [0.2, 0.25) is 0 Å². The summed E-state index contributed by atoms with van der Waals surface area (Å²) in [4.78, 5) is 26.0. The molecule has 0 aromatic heterocycles. The van der Waals surface area contributed by atoms with Crippen molar-refractivity contribution in [2.75, 3.05) is 45.2 Å². The summed E-state index contributed by atoms with van der Waals surface area (Å²) in [5.41, 5.74) is 0.265. The normalized spacial score (nSPS) is 15.9. The fraction of sp³-hybridized carbons (Fsp3) is 0.529. The number of carbonyl (C=O) groups excluding carboxylic acids is 2. The molecule has 0 radical (unpaired) electrons. The van der Waals surface area contributed by atoms with Gasteiger partial charge in [0.25, 0.3) is 0 Å². The minimum atomic E-state index is -0.780. The number of hydrogen-bond acceptors (Lipinski definition) is 4. The third kappa shape index (κ3) is 5.90. The number of methoxy groups -OCH3 is 1. The van der Waals surface area contributed by atoms with Gasteiger partial charge in [0.05, 0.1) is 6.61 Å². The lowest BCUT2D eigenvalue weighted by molar-refractivity contribution is -0.136. The van der Waals surface area contributed by atoms with E-state index in [0.717, 1.165) is 39.1 Å². The van der Waals surface area contributed by atoms with Gasteiger partial charge >= 0.3 is 11.8 Å². The van der Waals surface area contributed by atoms with Crippen LogP contribution in [-0.4, -0.2) is 56.6 Å². The molecule has 2 N–H and O–H groups in total. The van der Waals surface area contributed by atoms with Crippen LogP contribution in [-0.2, 0) is 14.3 Å². The first kappa shape index (κ1) is 18.4. The molecule has 1 aromatic rings. The molecule has 132 valence electrons. The molecule has 24 heavy (non-hydrogen) atoms. The Hall–Kier alpha value is -1.99. The summed E-state index contributed by atoms with van der Waals surface area (Å²) in [7, 11) is 1.69. The van der Waals surface area contributed by atoms with Gasteiger partial charge in [-0.05, 0) is 50.0 Å². The quantitative estimate of drug-likeness (QED) is 0.766. The molecular formula is C17H24FN3O3. The lowest BCUT2D eigenvalue weighted by Crippen LogP contribution is -2.42. The highest BCUT2D eigenvalue weighted by atomic mass is 19.1. The van der Waals surface area contributed by atoms with Crippen LogP contribution in [0.25, 0.3) is 0 Å². The number of benzene rings is 1. The highest BCUT2D eigenvalue weighted by Gasteiger charge is 2.21. The second kappa shape index (κ2) is 9.34. The van der Waals surface area contributed by atoms with Crippen molar-refractivity contribution in [3.8, 4) is 0 Å². The number of carbonyl (C=O) groups is 2. The maximum atomic E-state index is 13.1. The van der Waals surface area contributed by atoms with Gasteiger partial charge in [-0.25, -0.2) is 4.39 Å². The SMILES string of the molecule is COCCN1CCC(CNC(=O)C(=O)Nc2cccc(F)c2)CC1. The van der Waals surface area contributed by atoms with E-state index in [-0.39, 0.29) is 5.69 Å². The van der Waals surface area contributed by atoms with Crippen LogP contribution in [0, 0.1) is 11.7 Å². The summed E-state index contributed by atoms with van der Waals surface area (Å²) in [6.07, 6.45) is 1.96. The third-order valence-corrected chi connectivity index (χ3v) is 4.16. The minimum absolute atomic E-state index is 0.265. The van der Waals surface area contributed by atoms with Crippen molar-refractivity contribution < 1.29 is 18.7 Å². The zero-order valence-corrected chi connectivity index (χ0v) is 13.9. The minimum Gasteiger partial charge on any atom is -0.383 e. The van der Waals surface area contributed by atoms with E-state index in [2.05, 4.69) is 15.5 Å². The number of anilines is 1. The summed E-state index contributed by atoms with van der Waals surface area (Å²) in [5, 5.41) is 5.04. The predicted molar refractivity (Wildman–Crippen MR) is 89.1 cm³/mol. The lowest BCUT2D eigenvalue weighted by Gasteiger charge is -2.31. The standard InChI is InChI=1S/C17H24FN3O3/c1-24-10-9-21-7-5-13(6-8-21)12-19-16(22)17(23)20-15-4-2-3-14(18)11-15/h2-4,11,13H,5-10,12H2,1H3,(H,19,22)(H,20,23). The molecule has 1 aliphatic heterocycles. The molecule has 6 nitrogen and oxygen atoms in total. The van der Waals surface area contributed by atoms with Gasteiger partial charge in [0.1, 0.15) is 5.82 Å². The summed E-state index contributed by atoms with van der Waals surface area (Å²) < 4.78 is 18.1. The Kier molecular flexibility index (Phi) is 7.14. The third-order valence-electron chi connectivity index (χ3n) is 4.16. The number of nitrogens with zero attached hydrogens (tertiary/aromatic N) is 1. The molecule has 0 atom stereocenters. The highest BCUT2D eigenvalue weighted by Crippen LogP contribution is 2.16. The maximum Gasteiger partial charge on any atom is 0.313 e. The number of ether oxygens (including phenoxy) is 1.